The number of methoxy groups -OCH3 is 1. The predicted octanol–water partition coefficient (Wildman–Crippen LogP) is 3.21. The minimum Gasteiger partial charge on any atom is -0.491 e. The lowest BCUT2D eigenvalue weighted by atomic mass is 10.1. The lowest BCUT2D eigenvalue weighted by Gasteiger charge is -2.15. The molecule has 162 valence electrons. The van der Waals surface area contributed by atoms with Crippen LogP contribution in [0.15, 0.2) is 29.3 Å². The molecule has 1 aromatic heterocycles. The number of aryl methyl sites for hydroxylation is 4. The molecule has 0 aliphatic carbocycles. The minimum absolute atomic E-state index is 0. The molecule has 0 aliphatic heterocycles. The van der Waals surface area contributed by atoms with E-state index in [1.807, 2.05) is 11.6 Å². The van der Waals surface area contributed by atoms with Crippen LogP contribution in [0.5, 0.6) is 5.75 Å². The monoisotopic (exact) mass is 515 g/mol. The average molecular weight is 515 g/mol. The molecule has 0 saturated heterocycles. The molecule has 0 amide bonds. The molecule has 0 spiro atoms. The van der Waals surface area contributed by atoms with E-state index in [0.717, 1.165) is 42.5 Å². The maximum absolute atomic E-state index is 5.85. The van der Waals surface area contributed by atoms with Gasteiger partial charge < -0.3 is 20.1 Å². The van der Waals surface area contributed by atoms with E-state index in [0.29, 0.717) is 19.8 Å². The fourth-order valence-electron chi connectivity index (χ4n) is 2.91. The molecule has 8 heteroatoms. The van der Waals surface area contributed by atoms with E-state index in [9.17, 15) is 0 Å². The summed E-state index contributed by atoms with van der Waals surface area (Å²) in [6.07, 6.45) is 0.971. The molecule has 29 heavy (non-hydrogen) atoms. The van der Waals surface area contributed by atoms with Gasteiger partial charge in [-0.15, -0.1) is 24.0 Å². The van der Waals surface area contributed by atoms with Crippen molar-refractivity contribution in [1.82, 2.24) is 20.4 Å². The second-order valence-electron chi connectivity index (χ2n) is 6.81. The molecule has 1 heterocycles. The highest BCUT2D eigenvalue weighted by atomic mass is 127. The summed E-state index contributed by atoms with van der Waals surface area (Å²) in [5.41, 5.74) is 4.51. The first-order valence-corrected chi connectivity index (χ1v) is 9.70. The fourth-order valence-corrected chi connectivity index (χ4v) is 2.91. The molecule has 1 aromatic carbocycles. The average Bonchev–Trinajstić information content (AvgIpc) is 2.99. The molecule has 0 unspecified atom stereocenters. The lowest BCUT2D eigenvalue weighted by Crippen LogP contribution is -2.37. The van der Waals surface area contributed by atoms with Gasteiger partial charge in [0.15, 0.2) is 5.96 Å². The summed E-state index contributed by atoms with van der Waals surface area (Å²) in [6.45, 7) is 9.62. The molecular weight excluding hydrogens is 481 g/mol. The molecule has 0 atom stereocenters. The van der Waals surface area contributed by atoms with Crippen LogP contribution in [0.1, 0.15) is 28.9 Å². The first-order chi connectivity index (χ1) is 13.5. The Balaban J connectivity index is 0.00000420. The van der Waals surface area contributed by atoms with Gasteiger partial charge in [0.05, 0.1) is 12.3 Å². The third-order valence-corrected chi connectivity index (χ3v) is 4.38. The highest BCUT2D eigenvalue weighted by Gasteiger charge is 2.06. The molecular formula is C21H34IN5O2. The largest absolute Gasteiger partial charge is 0.491 e. The van der Waals surface area contributed by atoms with Crippen LogP contribution in [0, 0.1) is 20.8 Å². The second kappa shape index (κ2) is 13.4. The molecule has 2 N–H and O–H groups in total. The van der Waals surface area contributed by atoms with Crippen molar-refractivity contribution >= 4 is 29.9 Å². The summed E-state index contributed by atoms with van der Waals surface area (Å²) in [5.74, 6) is 1.65. The van der Waals surface area contributed by atoms with E-state index in [1.165, 1.54) is 11.3 Å². The topological polar surface area (TPSA) is 72.7 Å². The van der Waals surface area contributed by atoms with Crippen LogP contribution in [0.3, 0.4) is 0 Å². The first kappa shape index (κ1) is 25.2. The van der Waals surface area contributed by atoms with Gasteiger partial charge in [-0.3, -0.25) is 9.67 Å². The Morgan fingerprint density at radius 1 is 1.14 bits per heavy atom. The second-order valence-corrected chi connectivity index (χ2v) is 6.81. The van der Waals surface area contributed by atoms with Crippen LogP contribution in [0.4, 0.5) is 0 Å². The van der Waals surface area contributed by atoms with E-state index in [2.05, 4.69) is 58.8 Å². The molecule has 0 saturated carbocycles. The summed E-state index contributed by atoms with van der Waals surface area (Å²) >= 11 is 0. The number of ether oxygens (including phenoxy) is 2. The normalized spacial score (nSPS) is 11.1. The van der Waals surface area contributed by atoms with E-state index in [1.54, 1.807) is 14.2 Å². The molecule has 2 aromatic rings. The summed E-state index contributed by atoms with van der Waals surface area (Å²) in [5, 5.41) is 11.2. The van der Waals surface area contributed by atoms with Crippen molar-refractivity contribution in [2.45, 2.75) is 40.3 Å². The maximum atomic E-state index is 5.85. The van der Waals surface area contributed by atoms with Crippen LogP contribution >= 0.6 is 24.0 Å². The van der Waals surface area contributed by atoms with Crippen LogP contribution in [-0.2, 0) is 17.8 Å². The van der Waals surface area contributed by atoms with Crippen molar-refractivity contribution in [2.24, 2.45) is 4.99 Å². The Bertz CT molecular complexity index is 776. The third kappa shape index (κ3) is 8.61. The zero-order valence-electron chi connectivity index (χ0n) is 18.1. The standard InChI is InChI=1S/C21H33N5O2.HI/c1-16-7-8-19(20(13-16)28-12-11-27-5)15-24-21(22-4)23-9-6-10-26-18(3)14-17(2)25-26;/h7-8,13-14H,6,9-12,15H2,1-5H3,(H2,22,23,24);1H. The molecule has 0 fully saturated rings. The van der Waals surface area contributed by atoms with E-state index >= 15 is 0 Å². The fraction of sp³-hybridized carbons (Fsp3) is 0.524. The van der Waals surface area contributed by atoms with Gasteiger partial charge in [0.25, 0.3) is 0 Å². The highest BCUT2D eigenvalue weighted by molar-refractivity contribution is 14.0. The highest BCUT2D eigenvalue weighted by Crippen LogP contribution is 2.20. The summed E-state index contributed by atoms with van der Waals surface area (Å²) in [6, 6.07) is 8.32. The third-order valence-electron chi connectivity index (χ3n) is 4.38. The molecule has 0 bridgehead atoms. The van der Waals surface area contributed by atoms with E-state index < -0.39 is 0 Å². The zero-order valence-corrected chi connectivity index (χ0v) is 20.4. The number of benzene rings is 1. The van der Waals surface area contributed by atoms with Crippen LogP contribution < -0.4 is 15.4 Å². The predicted molar refractivity (Wildman–Crippen MR) is 128 cm³/mol. The van der Waals surface area contributed by atoms with E-state index in [4.69, 9.17) is 9.47 Å². The number of guanidine groups is 1. The number of rotatable bonds is 10. The van der Waals surface area contributed by atoms with Gasteiger partial charge in [-0.1, -0.05) is 12.1 Å². The number of nitrogens with zero attached hydrogens (tertiary/aromatic N) is 3. The Hall–Kier alpha value is -1.81. The number of aliphatic imine (C=N–C) groups is 1. The van der Waals surface area contributed by atoms with Crippen molar-refractivity contribution in [3.63, 3.8) is 0 Å². The maximum Gasteiger partial charge on any atom is 0.191 e. The number of aromatic nitrogens is 2. The summed E-state index contributed by atoms with van der Waals surface area (Å²) in [4.78, 5) is 4.30. The number of halogens is 1. The molecule has 0 aliphatic rings. The van der Waals surface area contributed by atoms with Crippen molar-refractivity contribution in [3.05, 3.63) is 46.8 Å². The quantitative estimate of drug-likeness (QED) is 0.220. The van der Waals surface area contributed by atoms with Crippen molar-refractivity contribution in [3.8, 4) is 5.75 Å². The Labute approximate surface area is 191 Å². The van der Waals surface area contributed by atoms with Crippen LogP contribution in [0.2, 0.25) is 0 Å². The minimum atomic E-state index is 0. The Morgan fingerprint density at radius 2 is 1.93 bits per heavy atom. The molecule has 7 nitrogen and oxygen atoms in total. The Kier molecular flexibility index (Phi) is 11.7. The van der Waals surface area contributed by atoms with Gasteiger partial charge in [-0.25, -0.2) is 0 Å². The molecule has 2 rings (SSSR count). The van der Waals surface area contributed by atoms with Crippen LogP contribution in [0.25, 0.3) is 0 Å². The van der Waals surface area contributed by atoms with Gasteiger partial charge >= 0.3 is 0 Å². The zero-order chi connectivity index (χ0) is 20.4. The van der Waals surface area contributed by atoms with Gasteiger partial charge in [0, 0.05) is 45.0 Å². The van der Waals surface area contributed by atoms with Gasteiger partial charge in [0.2, 0.25) is 0 Å². The van der Waals surface area contributed by atoms with Gasteiger partial charge in [-0.2, -0.15) is 5.10 Å². The Morgan fingerprint density at radius 3 is 2.59 bits per heavy atom. The number of hydrogen-bond donors (Lipinski definition) is 2. The van der Waals surface area contributed by atoms with Gasteiger partial charge in [0.1, 0.15) is 12.4 Å². The lowest BCUT2D eigenvalue weighted by molar-refractivity contribution is 0.145. The number of hydrogen-bond acceptors (Lipinski definition) is 4. The smallest absolute Gasteiger partial charge is 0.191 e. The SMILES string of the molecule is CN=C(NCCCn1nc(C)cc1C)NCc1ccc(C)cc1OCCOC.I. The van der Waals surface area contributed by atoms with Crippen molar-refractivity contribution < 1.29 is 9.47 Å². The van der Waals surface area contributed by atoms with Crippen molar-refractivity contribution in [1.29, 1.82) is 0 Å². The number of nitrogens with one attached hydrogen (secondary N) is 2. The summed E-state index contributed by atoms with van der Waals surface area (Å²) in [7, 11) is 3.45. The van der Waals surface area contributed by atoms with Gasteiger partial charge in [-0.05, 0) is 44.9 Å². The summed E-state index contributed by atoms with van der Waals surface area (Å²) < 4.78 is 13.0. The van der Waals surface area contributed by atoms with E-state index in [-0.39, 0.29) is 24.0 Å². The first-order valence-electron chi connectivity index (χ1n) is 9.70. The molecule has 0 radical (unpaired) electrons. The van der Waals surface area contributed by atoms with Crippen LogP contribution in [-0.4, -0.2) is 49.7 Å². The van der Waals surface area contributed by atoms with Crippen molar-refractivity contribution in [2.75, 3.05) is 33.9 Å².